The highest BCUT2D eigenvalue weighted by molar-refractivity contribution is 7.12. The van der Waals surface area contributed by atoms with E-state index < -0.39 is 5.97 Å². The normalized spacial score (nSPS) is 10.3. The molecular formula is C12H8Cl2O3S. The summed E-state index contributed by atoms with van der Waals surface area (Å²) in [4.78, 5) is 11.0. The number of benzene rings is 1. The van der Waals surface area contributed by atoms with E-state index in [1.165, 1.54) is 0 Å². The van der Waals surface area contributed by atoms with Crippen LogP contribution < -0.4 is 4.74 Å². The first-order chi connectivity index (χ1) is 8.58. The maximum atomic E-state index is 10.7. The Balaban J connectivity index is 2.07. The third-order valence-corrected chi connectivity index (χ3v) is 3.94. The van der Waals surface area contributed by atoms with E-state index in [1.807, 2.05) is 0 Å². The van der Waals surface area contributed by atoms with E-state index in [9.17, 15) is 4.79 Å². The molecule has 1 aromatic heterocycles. The maximum Gasteiger partial charge on any atom is 0.345 e. The number of carboxylic acids is 1. The Hall–Kier alpha value is -1.23. The molecule has 3 nitrogen and oxygen atoms in total. The zero-order chi connectivity index (χ0) is 13.1. The van der Waals surface area contributed by atoms with E-state index in [2.05, 4.69) is 0 Å². The van der Waals surface area contributed by atoms with Crippen LogP contribution in [0.5, 0.6) is 5.75 Å². The Morgan fingerprint density at radius 3 is 2.83 bits per heavy atom. The highest BCUT2D eigenvalue weighted by atomic mass is 35.5. The van der Waals surface area contributed by atoms with Gasteiger partial charge in [0.2, 0.25) is 0 Å². The van der Waals surface area contributed by atoms with Crippen molar-refractivity contribution in [1.29, 1.82) is 0 Å². The number of rotatable bonds is 4. The third kappa shape index (κ3) is 2.96. The van der Waals surface area contributed by atoms with Gasteiger partial charge in [-0.15, -0.1) is 11.3 Å². The predicted molar refractivity (Wildman–Crippen MR) is 72.1 cm³/mol. The van der Waals surface area contributed by atoms with Gasteiger partial charge in [-0.1, -0.05) is 29.3 Å². The molecular weight excluding hydrogens is 295 g/mol. The van der Waals surface area contributed by atoms with Crippen molar-refractivity contribution < 1.29 is 14.6 Å². The number of ether oxygens (including phenoxy) is 1. The lowest BCUT2D eigenvalue weighted by Crippen LogP contribution is -1.95. The van der Waals surface area contributed by atoms with Gasteiger partial charge in [0.25, 0.3) is 0 Å². The zero-order valence-electron chi connectivity index (χ0n) is 9.02. The molecule has 0 bridgehead atoms. The van der Waals surface area contributed by atoms with Gasteiger partial charge in [-0.2, -0.15) is 0 Å². The molecule has 1 aromatic carbocycles. The molecule has 0 amide bonds. The lowest BCUT2D eigenvalue weighted by Gasteiger charge is -2.07. The van der Waals surface area contributed by atoms with Crippen molar-refractivity contribution in [2.45, 2.75) is 6.61 Å². The minimum Gasteiger partial charge on any atom is -0.487 e. The molecule has 0 saturated carbocycles. The summed E-state index contributed by atoms with van der Waals surface area (Å²) >= 11 is 13.0. The molecule has 0 saturated heterocycles. The van der Waals surface area contributed by atoms with E-state index in [0.29, 0.717) is 15.8 Å². The van der Waals surface area contributed by atoms with Crippen LogP contribution in [-0.4, -0.2) is 11.1 Å². The van der Waals surface area contributed by atoms with Crippen LogP contribution in [0, 0.1) is 0 Å². The Labute approximate surface area is 118 Å². The number of carbonyl (C=O) groups is 1. The molecule has 0 unspecified atom stereocenters. The first kappa shape index (κ1) is 13.2. The van der Waals surface area contributed by atoms with Crippen molar-refractivity contribution in [2.24, 2.45) is 0 Å². The van der Waals surface area contributed by atoms with Gasteiger partial charge in [0.1, 0.15) is 22.3 Å². The first-order valence-corrected chi connectivity index (χ1v) is 6.59. The van der Waals surface area contributed by atoms with Gasteiger partial charge < -0.3 is 9.84 Å². The second-order valence-corrected chi connectivity index (χ2v) is 5.16. The van der Waals surface area contributed by atoms with Crippen LogP contribution in [0.3, 0.4) is 0 Å². The van der Waals surface area contributed by atoms with E-state index in [1.54, 1.807) is 29.6 Å². The highest BCUT2D eigenvalue weighted by Crippen LogP contribution is 2.32. The van der Waals surface area contributed by atoms with Crippen LogP contribution in [0.25, 0.3) is 0 Å². The van der Waals surface area contributed by atoms with E-state index in [-0.39, 0.29) is 11.5 Å². The molecule has 0 atom stereocenters. The fourth-order valence-electron chi connectivity index (χ4n) is 1.32. The number of halogens is 2. The smallest absolute Gasteiger partial charge is 0.345 e. The average Bonchev–Trinajstić information content (AvgIpc) is 2.80. The van der Waals surface area contributed by atoms with Crippen molar-refractivity contribution >= 4 is 40.5 Å². The lowest BCUT2D eigenvalue weighted by atomic mass is 10.3. The average molecular weight is 303 g/mol. The van der Waals surface area contributed by atoms with Gasteiger partial charge in [-0.25, -0.2) is 4.79 Å². The molecule has 2 aromatic rings. The molecule has 1 heterocycles. The van der Waals surface area contributed by atoms with Crippen LogP contribution in [0.1, 0.15) is 15.2 Å². The molecule has 94 valence electrons. The molecule has 0 fully saturated rings. The molecule has 2 rings (SSSR count). The maximum absolute atomic E-state index is 10.7. The quantitative estimate of drug-likeness (QED) is 0.914. The molecule has 1 N–H and O–H groups in total. The fraction of sp³-hybridized carbons (Fsp3) is 0.0833. The molecule has 0 spiro atoms. The van der Waals surface area contributed by atoms with Crippen molar-refractivity contribution in [3.8, 4) is 5.75 Å². The summed E-state index contributed by atoms with van der Waals surface area (Å²) in [5, 5.41) is 11.3. The van der Waals surface area contributed by atoms with Crippen molar-refractivity contribution in [2.75, 3.05) is 0 Å². The predicted octanol–water partition coefficient (Wildman–Crippen LogP) is 4.33. The van der Waals surface area contributed by atoms with Gasteiger partial charge in [-0.05, 0) is 23.6 Å². The summed E-state index contributed by atoms with van der Waals surface area (Å²) in [5.74, 6) is -0.459. The summed E-state index contributed by atoms with van der Waals surface area (Å²) in [7, 11) is 0. The molecule has 6 heteroatoms. The molecule has 0 aliphatic carbocycles. The van der Waals surface area contributed by atoms with Gasteiger partial charge in [0, 0.05) is 5.56 Å². The molecule has 0 radical (unpaired) electrons. The van der Waals surface area contributed by atoms with Gasteiger partial charge >= 0.3 is 5.97 Å². The number of aromatic carboxylic acids is 1. The van der Waals surface area contributed by atoms with Crippen molar-refractivity contribution in [3.05, 3.63) is 50.1 Å². The van der Waals surface area contributed by atoms with Crippen LogP contribution >= 0.6 is 34.5 Å². The van der Waals surface area contributed by atoms with Gasteiger partial charge in [0.15, 0.2) is 0 Å². The van der Waals surface area contributed by atoms with E-state index in [0.717, 1.165) is 16.9 Å². The topological polar surface area (TPSA) is 46.5 Å². The van der Waals surface area contributed by atoms with Crippen LogP contribution in [0.15, 0.2) is 29.6 Å². The minimum absolute atomic E-state index is 0.254. The number of carboxylic acid groups (broad SMARTS) is 1. The van der Waals surface area contributed by atoms with Crippen LogP contribution in [0.4, 0.5) is 0 Å². The highest BCUT2D eigenvalue weighted by Gasteiger charge is 2.09. The summed E-state index contributed by atoms with van der Waals surface area (Å²) in [6.45, 7) is 0.254. The standard InChI is InChI=1S/C12H8Cl2O3S/c13-8-2-1-3-9(11(8)14)17-5-7-4-10(12(15)16)18-6-7/h1-4,6H,5H2,(H,15,16). The Morgan fingerprint density at radius 1 is 1.39 bits per heavy atom. The second kappa shape index (κ2) is 5.61. The summed E-state index contributed by atoms with van der Waals surface area (Å²) in [6.07, 6.45) is 0. The minimum atomic E-state index is -0.938. The van der Waals surface area contributed by atoms with Crippen LogP contribution in [0.2, 0.25) is 10.0 Å². The van der Waals surface area contributed by atoms with Gasteiger partial charge in [0.05, 0.1) is 5.02 Å². The Kier molecular flexibility index (Phi) is 4.11. The number of hydrogen-bond donors (Lipinski definition) is 1. The largest absolute Gasteiger partial charge is 0.487 e. The zero-order valence-corrected chi connectivity index (χ0v) is 11.4. The van der Waals surface area contributed by atoms with Crippen LogP contribution in [-0.2, 0) is 6.61 Å². The van der Waals surface area contributed by atoms with Gasteiger partial charge in [-0.3, -0.25) is 0 Å². The number of thiophene rings is 1. The summed E-state index contributed by atoms with van der Waals surface area (Å²) in [6, 6.07) is 6.69. The first-order valence-electron chi connectivity index (χ1n) is 4.95. The fourth-order valence-corrected chi connectivity index (χ4v) is 2.40. The Morgan fingerprint density at radius 2 is 2.17 bits per heavy atom. The van der Waals surface area contributed by atoms with E-state index >= 15 is 0 Å². The van der Waals surface area contributed by atoms with Crippen molar-refractivity contribution in [3.63, 3.8) is 0 Å². The monoisotopic (exact) mass is 302 g/mol. The summed E-state index contributed by atoms with van der Waals surface area (Å²) in [5.41, 5.74) is 0.786. The third-order valence-electron chi connectivity index (χ3n) is 2.18. The number of hydrogen-bond acceptors (Lipinski definition) is 3. The molecule has 0 aliphatic heterocycles. The SMILES string of the molecule is O=C(O)c1cc(COc2cccc(Cl)c2Cl)cs1. The Bertz CT molecular complexity index is 580. The molecule has 18 heavy (non-hydrogen) atoms. The lowest BCUT2D eigenvalue weighted by molar-refractivity contribution is 0.0702. The second-order valence-electron chi connectivity index (χ2n) is 3.46. The van der Waals surface area contributed by atoms with E-state index in [4.69, 9.17) is 33.0 Å². The van der Waals surface area contributed by atoms with Crippen molar-refractivity contribution in [1.82, 2.24) is 0 Å². The summed E-state index contributed by atoms with van der Waals surface area (Å²) < 4.78 is 5.49. The molecule has 0 aliphatic rings.